The van der Waals surface area contributed by atoms with E-state index in [1.807, 2.05) is 4.90 Å². The van der Waals surface area contributed by atoms with E-state index in [2.05, 4.69) is 19.2 Å². The Morgan fingerprint density at radius 3 is 2.42 bits per heavy atom. The van der Waals surface area contributed by atoms with E-state index < -0.39 is 0 Å². The molecule has 0 aliphatic heterocycles. The fourth-order valence-electron chi connectivity index (χ4n) is 2.62. The molecule has 0 atom stereocenters. The van der Waals surface area contributed by atoms with Gasteiger partial charge in [-0.05, 0) is 25.2 Å². The molecule has 1 rings (SSSR count). The van der Waals surface area contributed by atoms with E-state index in [-0.39, 0.29) is 11.8 Å². The Bertz CT molecular complexity index is 297. The summed E-state index contributed by atoms with van der Waals surface area (Å²) in [5, 5.41) is 2.92. The van der Waals surface area contributed by atoms with Gasteiger partial charge in [-0.25, -0.2) is 0 Å². The van der Waals surface area contributed by atoms with Gasteiger partial charge in [-0.1, -0.05) is 26.7 Å². The quantitative estimate of drug-likeness (QED) is 0.770. The average Bonchev–Trinajstić information content (AvgIpc) is 2.82. The van der Waals surface area contributed by atoms with Gasteiger partial charge in [-0.2, -0.15) is 0 Å². The monoisotopic (exact) mass is 268 g/mol. The van der Waals surface area contributed by atoms with Gasteiger partial charge < -0.3 is 10.2 Å². The molecule has 1 N–H and O–H groups in total. The Kier molecular flexibility index (Phi) is 6.89. The summed E-state index contributed by atoms with van der Waals surface area (Å²) in [4.78, 5) is 25.2. The van der Waals surface area contributed by atoms with Gasteiger partial charge in [0.1, 0.15) is 0 Å². The van der Waals surface area contributed by atoms with Gasteiger partial charge in [0.15, 0.2) is 0 Å². The SMILES string of the molecule is CC(=O)N(CCC(=O)NCCC(C)C)C1CCCC1. The lowest BCUT2D eigenvalue weighted by atomic mass is 10.1. The summed E-state index contributed by atoms with van der Waals surface area (Å²) in [6.45, 7) is 7.19. The fourth-order valence-corrected chi connectivity index (χ4v) is 2.62. The molecular weight excluding hydrogens is 240 g/mol. The van der Waals surface area contributed by atoms with Gasteiger partial charge in [0.25, 0.3) is 0 Å². The van der Waals surface area contributed by atoms with Crippen LogP contribution in [0.1, 0.15) is 59.3 Å². The molecule has 1 saturated carbocycles. The molecule has 0 heterocycles. The van der Waals surface area contributed by atoms with Crippen LogP contribution >= 0.6 is 0 Å². The van der Waals surface area contributed by atoms with Crippen LogP contribution in [0.3, 0.4) is 0 Å². The van der Waals surface area contributed by atoms with Crippen LogP contribution < -0.4 is 5.32 Å². The van der Waals surface area contributed by atoms with Crippen molar-refractivity contribution in [3.63, 3.8) is 0 Å². The molecule has 1 fully saturated rings. The van der Waals surface area contributed by atoms with Crippen LogP contribution in [0, 0.1) is 5.92 Å². The van der Waals surface area contributed by atoms with Crippen molar-refractivity contribution in [1.82, 2.24) is 10.2 Å². The van der Waals surface area contributed by atoms with Crippen molar-refractivity contribution in [1.29, 1.82) is 0 Å². The highest BCUT2D eigenvalue weighted by Gasteiger charge is 2.24. The predicted molar refractivity (Wildman–Crippen MR) is 76.7 cm³/mol. The summed E-state index contributed by atoms with van der Waals surface area (Å²) >= 11 is 0. The lowest BCUT2D eigenvalue weighted by Gasteiger charge is -2.27. The second-order valence-corrected chi connectivity index (χ2v) is 5.93. The van der Waals surface area contributed by atoms with Crippen LogP contribution in [-0.4, -0.2) is 35.8 Å². The summed E-state index contributed by atoms with van der Waals surface area (Å²) in [7, 11) is 0. The highest BCUT2D eigenvalue weighted by Crippen LogP contribution is 2.23. The predicted octanol–water partition coefficient (Wildman–Crippen LogP) is 2.33. The van der Waals surface area contributed by atoms with Crippen molar-refractivity contribution < 1.29 is 9.59 Å². The van der Waals surface area contributed by atoms with Crippen molar-refractivity contribution in [3.05, 3.63) is 0 Å². The Morgan fingerprint density at radius 1 is 1.26 bits per heavy atom. The maximum absolute atomic E-state index is 11.7. The van der Waals surface area contributed by atoms with Gasteiger partial charge in [-0.15, -0.1) is 0 Å². The highest BCUT2D eigenvalue weighted by molar-refractivity contribution is 5.78. The van der Waals surface area contributed by atoms with Crippen LogP contribution in [-0.2, 0) is 9.59 Å². The topological polar surface area (TPSA) is 49.4 Å². The number of rotatable bonds is 7. The third-order valence-corrected chi connectivity index (χ3v) is 3.79. The number of hydrogen-bond acceptors (Lipinski definition) is 2. The van der Waals surface area contributed by atoms with Crippen molar-refractivity contribution in [2.45, 2.75) is 65.3 Å². The van der Waals surface area contributed by atoms with Crippen molar-refractivity contribution in [2.24, 2.45) is 5.92 Å². The van der Waals surface area contributed by atoms with E-state index in [9.17, 15) is 9.59 Å². The molecule has 0 radical (unpaired) electrons. The van der Waals surface area contributed by atoms with Crippen molar-refractivity contribution >= 4 is 11.8 Å². The molecule has 0 spiro atoms. The van der Waals surface area contributed by atoms with Gasteiger partial charge in [-0.3, -0.25) is 9.59 Å². The minimum Gasteiger partial charge on any atom is -0.356 e. The zero-order valence-electron chi connectivity index (χ0n) is 12.6. The molecule has 2 amide bonds. The molecule has 0 saturated heterocycles. The average molecular weight is 268 g/mol. The third-order valence-electron chi connectivity index (χ3n) is 3.79. The third kappa shape index (κ3) is 6.08. The van der Waals surface area contributed by atoms with Crippen LogP contribution in [0.15, 0.2) is 0 Å². The van der Waals surface area contributed by atoms with E-state index in [0.29, 0.717) is 24.9 Å². The first-order valence-electron chi connectivity index (χ1n) is 7.54. The first-order chi connectivity index (χ1) is 9.00. The second-order valence-electron chi connectivity index (χ2n) is 5.93. The molecule has 110 valence electrons. The summed E-state index contributed by atoms with van der Waals surface area (Å²) in [5.74, 6) is 0.763. The summed E-state index contributed by atoms with van der Waals surface area (Å²) in [5.41, 5.74) is 0. The van der Waals surface area contributed by atoms with Crippen molar-refractivity contribution in [3.8, 4) is 0 Å². The van der Waals surface area contributed by atoms with E-state index in [1.165, 1.54) is 12.8 Å². The van der Waals surface area contributed by atoms with E-state index in [0.717, 1.165) is 25.8 Å². The number of nitrogens with one attached hydrogen (secondary N) is 1. The summed E-state index contributed by atoms with van der Waals surface area (Å²) < 4.78 is 0. The number of carbonyl (C=O) groups excluding carboxylic acids is 2. The molecule has 4 heteroatoms. The molecule has 1 aliphatic carbocycles. The van der Waals surface area contributed by atoms with E-state index in [1.54, 1.807) is 6.92 Å². The Labute approximate surface area is 116 Å². The van der Waals surface area contributed by atoms with Crippen LogP contribution in [0.5, 0.6) is 0 Å². The molecule has 0 bridgehead atoms. The lowest BCUT2D eigenvalue weighted by molar-refractivity contribution is -0.131. The van der Waals surface area contributed by atoms with Gasteiger partial charge in [0, 0.05) is 32.5 Å². The Morgan fingerprint density at radius 2 is 1.89 bits per heavy atom. The maximum Gasteiger partial charge on any atom is 0.221 e. The minimum atomic E-state index is 0.0601. The van der Waals surface area contributed by atoms with Gasteiger partial charge >= 0.3 is 0 Å². The zero-order chi connectivity index (χ0) is 14.3. The van der Waals surface area contributed by atoms with Crippen molar-refractivity contribution in [2.75, 3.05) is 13.1 Å². The highest BCUT2D eigenvalue weighted by atomic mass is 16.2. The molecule has 4 nitrogen and oxygen atoms in total. The summed E-state index contributed by atoms with van der Waals surface area (Å²) in [6.07, 6.45) is 6.02. The standard InChI is InChI=1S/C15H28N2O2/c1-12(2)8-10-16-15(19)9-11-17(13(3)18)14-6-4-5-7-14/h12,14H,4-11H2,1-3H3,(H,16,19). The van der Waals surface area contributed by atoms with E-state index >= 15 is 0 Å². The second kappa shape index (κ2) is 8.18. The Balaban J connectivity index is 2.27. The summed E-state index contributed by atoms with van der Waals surface area (Å²) in [6, 6.07) is 0.362. The zero-order valence-corrected chi connectivity index (χ0v) is 12.6. The molecule has 0 aromatic rings. The molecular formula is C15H28N2O2. The molecule has 19 heavy (non-hydrogen) atoms. The van der Waals surface area contributed by atoms with Crippen LogP contribution in [0.25, 0.3) is 0 Å². The first kappa shape index (κ1) is 16.0. The number of carbonyl (C=O) groups is 2. The van der Waals surface area contributed by atoms with Crippen LogP contribution in [0.2, 0.25) is 0 Å². The van der Waals surface area contributed by atoms with Gasteiger partial charge in [0.2, 0.25) is 11.8 Å². The lowest BCUT2D eigenvalue weighted by Crippen LogP contribution is -2.40. The maximum atomic E-state index is 11.7. The normalized spacial score (nSPS) is 15.8. The number of amides is 2. The van der Waals surface area contributed by atoms with Gasteiger partial charge in [0.05, 0.1) is 0 Å². The Hall–Kier alpha value is -1.06. The van der Waals surface area contributed by atoms with E-state index in [4.69, 9.17) is 0 Å². The molecule has 0 aromatic heterocycles. The molecule has 0 unspecified atom stereocenters. The minimum absolute atomic E-state index is 0.0601. The first-order valence-corrected chi connectivity index (χ1v) is 7.54. The molecule has 1 aliphatic rings. The fraction of sp³-hybridized carbons (Fsp3) is 0.867. The molecule has 0 aromatic carbocycles. The van der Waals surface area contributed by atoms with Crippen LogP contribution in [0.4, 0.5) is 0 Å². The largest absolute Gasteiger partial charge is 0.356 e. The number of hydrogen-bond donors (Lipinski definition) is 1. The number of nitrogens with zero attached hydrogens (tertiary/aromatic N) is 1. The smallest absolute Gasteiger partial charge is 0.221 e.